The van der Waals surface area contributed by atoms with Gasteiger partial charge in [0, 0.05) is 5.69 Å². The molecule has 24 heavy (non-hydrogen) atoms. The second-order valence-corrected chi connectivity index (χ2v) is 5.39. The molecule has 6 heteroatoms. The molecular weight excluding hydrogens is 324 g/mol. The number of ether oxygens (including phenoxy) is 2. The molecule has 1 N–H and O–H groups in total. The van der Waals surface area contributed by atoms with Crippen LogP contribution < -0.4 is 14.8 Å². The van der Waals surface area contributed by atoms with Crippen LogP contribution in [0.1, 0.15) is 11.3 Å². The molecule has 0 saturated carbocycles. The van der Waals surface area contributed by atoms with Crippen molar-refractivity contribution in [3.63, 3.8) is 0 Å². The molecule has 0 saturated heterocycles. The molecule has 0 spiro atoms. The van der Waals surface area contributed by atoms with Crippen LogP contribution in [0.25, 0.3) is 0 Å². The number of rotatable bonds is 6. The standard InChI is InChI=1S/C18H16N2O3S/c1-21-15-9-7-13(8-10-15)12-22-17-11-16(23-20-17)18(24)19-14-5-3-2-4-6-14/h2-11H,12H2,1H3,(H,19,24). The minimum atomic E-state index is 0.384. The Morgan fingerprint density at radius 2 is 1.88 bits per heavy atom. The molecule has 1 heterocycles. The lowest BCUT2D eigenvalue weighted by Crippen LogP contribution is -2.09. The van der Waals surface area contributed by atoms with Gasteiger partial charge in [0.15, 0.2) is 5.76 Å². The highest BCUT2D eigenvalue weighted by Crippen LogP contribution is 2.17. The highest BCUT2D eigenvalue weighted by Gasteiger charge is 2.10. The zero-order valence-corrected chi connectivity index (χ0v) is 13.9. The Kier molecular flexibility index (Phi) is 5.08. The molecule has 0 atom stereocenters. The van der Waals surface area contributed by atoms with Gasteiger partial charge in [-0.3, -0.25) is 0 Å². The molecule has 3 rings (SSSR count). The summed E-state index contributed by atoms with van der Waals surface area (Å²) in [6.07, 6.45) is 0. The van der Waals surface area contributed by atoms with E-state index >= 15 is 0 Å². The van der Waals surface area contributed by atoms with Gasteiger partial charge in [-0.1, -0.05) is 42.5 Å². The van der Waals surface area contributed by atoms with Gasteiger partial charge >= 0.3 is 0 Å². The zero-order chi connectivity index (χ0) is 16.8. The first kappa shape index (κ1) is 16.0. The van der Waals surface area contributed by atoms with Crippen LogP contribution in [0, 0.1) is 0 Å². The Morgan fingerprint density at radius 3 is 2.58 bits per heavy atom. The number of aromatic nitrogens is 1. The van der Waals surface area contributed by atoms with Gasteiger partial charge in [0.1, 0.15) is 17.3 Å². The van der Waals surface area contributed by atoms with Crippen molar-refractivity contribution in [3.05, 3.63) is 72.0 Å². The van der Waals surface area contributed by atoms with E-state index in [0.717, 1.165) is 17.0 Å². The average molecular weight is 340 g/mol. The molecule has 0 aliphatic heterocycles. The Balaban J connectivity index is 1.57. The van der Waals surface area contributed by atoms with Gasteiger partial charge in [0.25, 0.3) is 5.88 Å². The molecule has 5 nitrogen and oxygen atoms in total. The van der Waals surface area contributed by atoms with E-state index in [-0.39, 0.29) is 0 Å². The molecule has 0 unspecified atom stereocenters. The summed E-state index contributed by atoms with van der Waals surface area (Å²) < 4.78 is 16.0. The van der Waals surface area contributed by atoms with Gasteiger partial charge in [-0.25, -0.2) is 0 Å². The van der Waals surface area contributed by atoms with Crippen LogP contribution in [0.3, 0.4) is 0 Å². The largest absolute Gasteiger partial charge is 0.497 e. The summed E-state index contributed by atoms with van der Waals surface area (Å²) in [5, 5.41) is 6.96. The van der Waals surface area contributed by atoms with Crippen molar-refractivity contribution < 1.29 is 14.0 Å². The normalized spacial score (nSPS) is 10.2. The van der Waals surface area contributed by atoms with Crippen LogP contribution in [-0.4, -0.2) is 17.3 Å². The summed E-state index contributed by atoms with van der Waals surface area (Å²) in [6, 6.07) is 18.9. The van der Waals surface area contributed by atoms with Crippen molar-refractivity contribution in [2.45, 2.75) is 6.61 Å². The second-order valence-electron chi connectivity index (χ2n) is 4.99. The van der Waals surface area contributed by atoms with Crippen molar-refractivity contribution in [3.8, 4) is 11.6 Å². The second kappa shape index (κ2) is 7.61. The van der Waals surface area contributed by atoms with Gasteiger partial charge in [-0.15, -0.1) is 0 Å². The lowest BCUT2D eigenvalue weighted by atomic mass is 10.2. The number of nitrogens with one attached hydrogen (secondary N) is 1. The minimum Gasteiger partial charge on any atom is -0.497 e. The minimum absolute atomic E-state index is 0.384. The van der Waals surface area contributed by atoms with E-state index in [1.807, 2.05) is 54.6 Å². The van der Waals surface area contributed by atoms with Crippen molar-refractivity contribution in [1.29, 1.82) is 0 Å². The van der Waals surface area contributed by atoms with Gasteiger partial charge < -0.3 is 19.3 Å². The van der Waals surface area contributed by atoms with Gasteiger partial charge in [-0.2, -0.15) is 0 Å². The molecule has 0 aliphatic rings. The van der Waals surface area contributed by atoms with Crippen LogP contribution in [0.5, 0.6) is 11.6 Å². The predicted molar refractivity (Wildman–Crippen MR) is 95.6 cm³/mol. The van der Waals surface area contributed by atoms with E-state index in [1.165, 1.54) is 0 Å². The molecule has 2 aromatic carbocycles. The van der Waals surface area contributed by atoms with Gasteiger partial charge in [0.05, 0.1) is 13.2 Å². The quantitative estimate of drug-likeness (QED) is 0.683. The lowest BCUT2D eigenvalue weighted by molar-refractivity contribution is 0.269. The number of benzene rings is 2. The summed E-state index contributed by atoms with van der Waals surface area (Å²) in [6.45, 7) is 0.384. The highest BCUT2D eigenvalue weighted by atomic mass is 32.1. The van der Waals surface area contributed by atoms with E-state index in [9.17, 15) is 0 Å². The van der Waals surface area contributed by atoms with Crippen LogP contribution in [0.4, 0.5) is 5.69 Å². The van der Waals surface area contributed by atoms with E-state index in [0.29, 0.717) is 23.2 Å². The fourth-order valence-electron chi connectivity index (χ4n) is 2.03. The van der Waals surface area contributed by atoms with Crippen molar-refractivity contribution in [1.82, 2.24) is 5.16 Å². The smallest absolute Gasteiger partial charge is 0.255 e. The van der Waals surface area contributed by atoms with Gasteiger partial charge in [-0.05, 0) is 35.0 Å². The molecule has 0 amide bonds. The predicted octanol–water partition coefficient (Wildman–Crippen LogP) is 4.05. The number of hydrogen-bond acceptors (Lipinski definition) is 5. The van der Waals surface area contributed by atoms with E-state index < -0.39 is 0 Å². The van der Waals surface area contributed by atoms with Crippen LogP contribution in [-0.2, 0) is 6.61 Å². The summed E-state index contributed by atoms with van der Waals surface area (Å²) in [5.74, 6) is 1.65. The molecule has 0 bridgehead atoms. The number of methoxy groups -OCH3 is 1. The summed E-state index contributed by atoms with van der Waals surface area (Å²) in [7, 11) is 1.63. The SMILES string of the molecule is COc1ccc(COc2cc(C(=S)Nc3ccccc3)on2)cc1. The number of hydrogen-bond donors (Lipinski definition) is 1. The van der Waals surface area contributed by atoms with E-state index in [4.69, 9.17) is 26.2 Å². The Labute approximate surface area is 145 Å². The first-order valence-corrected chi connectivity index (χ1v) is 7.74. The van der Waals surface area contributed by atoms with Crippen molar-refractivity contribution in [2.24, 2.45) is 0 Å². The van der Waals surface area contributed by atoms with E-state index in [1.54, 1.807) is 13.2 Å². The van der Waals surface area contributed by atoms with Crippen molar-refractivity contribution in [2.75, 3.05) is 12.4 Å². The molecule has 122 valence electrons. The lowest BCUT2D eigenvalue weighted by Gasteiger charge is -2.04. The third kappa shape index (κ3) is 4.11. The fraction of sp³-hybridized carbons (Fsp3) is 0.111. The Morgan fingerprint density at radius 1 is 1.12 bits per heavy atom. The molecule has 3 aromatic rings. The Hall–Kier alpha value is -2.86. The summed E-state index contributed by atoms with van der Waals surface area (Å²) in [4.78, 5) is 0.452. The van der Waals surface area contributed by atoms with E-state index in [2.05, 4.69) is 10.5 Å². The van der Waals surface area contributed by atoms with Crippen LogP contribution in [0.15, 0.2) is 65.2 Å². The number of anilines is 1. The first-order valence-electron chi connectivity index (χ1n) is 7.33. The molecular formula is C18H16N2O3S. The molecule has 0 radical (unpaired) electrons. The monoisotopic (exact) mass is 340 g/mol. The highest BCUT2D eigenvalue weighted by molar-refractivity contribution is 7.81. The third-order valence-corrected chi connectivity index (χ3v) is 3.59. The van der Waals surface area contributed by atoms with Crippen molar-refractivity contribution >= 4 is 22.9 Å². The fourth-order valence-corrected chi connectivity index (χ4v) is 2.24. The van der Waals surface area contributed by atoms with Gasteiger partial charge in [0.2, 0.25) is 0 Å². The summed E-state index contributed by atoms with van der Waals surface area (Å²) in [5.41, 5.74) is 1.89. The van der Waals surface area contributed by atoms with Crippen LogP contribution >= 0.6 is 12.2 Å². The topological polar surface area (TPSA) is 56.5 Å². The van der Waals surface area contributed by atoms with Crippen LogP contribution in [0.2, 0.25) is 0 Å². The maximum absolute atomic E-state index is 5.61. The first-order chi connectivity index (χ1) is 11.7. The number of nitrogens with zero attached hydrogens (tertiary/aromatic N) is 1. The molecule has 1 aromatic heterocycles. The molecule has 0 aliphatic carbocycles. The third-order valence-electron chi connectivity index (χ3n) is 3.29. The maximum atomic E-state index is 5.61. The number of para-hydroxylation sites is 1. The number of thiocarbonyl (C=S) groups is 1. The Bertz CT molecular complexity index is 801. The maximum Gasteiger partial charge on any atom is 0.255 e. The average Bonchev–Trinajstić information content (AvgIpc) is 3.10. The summed E-state index contributed by atoms with van der Waals surface area (Å²) >= 11 is 5.31. The zero-order valence-electron chi connectivity index (χ0n) is 13.1. The molecule has 0 fully saturated rings.